The van der Waals surface area contributed by atoms with Crippen LogP contribution in [0.2, 0.25) is 0 Å². The molecule has 0 aromatic carbocycles. The number of nitrogens with one attached hydrogen (secondary N) is 1. The van der Waals surface area contributed by atoms with Crippen molar-refractivity contribution in [1.29, 1.82) is 0 Å². The van der Waals surface area contributed by atoms with Gasteiger partial charge in [0.2, 0.25) is 0 Å². The summed E-state index contributed by atoms with van der Waals surface area (Å²) in [5, 5.41) is 9.23. The van der Waals surface area contributed by atoms with Gasteiger partial charge in [-0.1, -0.05) is 0 Å². The number of carboxylic acid groups (broad SMARTS) is 1. The molecular weight excluding hydrogens is 248 g/mol. The monoisotopic (exact) mass is 262 g/mol. The zero-order valence-electron chi connectivity index (χ0n) is 10.5. The molecule has 2 aromatic rings. The average Bonchev–Trinajstić information content (AvgIpc) is 2.85. The minimum Gasteiger partial charge on any atom is -0.481 e. The van der Waals surface area contributed by atoms with Crippen LogP contribution in [-0.2, 0) is 4.79 Å². The third-order valence-corrected chi connectivity index (χ3v) is 2.79. The number of nitrogens with zero attached hydrogens (tertiary/aromatic N) is 3. The Morgan fingerprint density at radius 2 is 2.21 bits per heavy atom. The molecule has 0 radical (unpaired) electrons. The normalized spacial score (nSPS) is 10.6. The molecule has 0 spiro atoms. The number of aliphatic carboxylic acids is 1. The maximum absolute atomic E-state index is 12.2. The van der Waals surface area contributed by atoms with Crippen molar-refractivity contribution in [2.24, 2.45) is 0 Å². The zero-order chi connectivity index (χ0) is 13.8. The van der Waals surface area contributed by atoms with Crippen molar-refractivity contribution in [2.45, 2.75) is 12.8 Å². The Labute approximate surface area is 109 Å². The van der Waals surface area contributed by atoms with Gasteiger partial charge < -0.3 is 15.0 Å². The lowest BCUT2D eigenvalue weighted by Crippen LogP contribution is -2.29. The number of carbonyl (C=O) groups is 2. The predicted molar refractivity (Wildman–Crippen MR) is 67.7 cm³/mol. The quantitative estimate of drug-likeness (QED) is 0.833. The zero-order valence-corrected chi connectivity index (χ0v) is 10.5. The van der Waals surface area contributed by atoms with Crippen LogP contribution >= 0.6 is 0 Å². The lowest BCUT2D eigenvalue weighted by molar-refractivity contribution is -0.137. The Morgan fingerprint density at radius 3 is 2.95 bits per heavy atom. The van der Waals surface area contributed by atoms with E-state index < -0.39 is 5.97 Å². The molecule has 2 heterocycles. The summed E-state index contributed by atoms with van der Waals surface area (Å²) < 4.78 is 0. The highest BCUT2D eigenvalue weighted by Crippen LogP contribution is 2.14. The van der Waals surface area contributed by atoms with Gasteiger partial charge in [-0.15, -0.1) is 0 Å². The molecular formula is C12H14N4O3. The van der Waals surface area contributed by atoms with Gasteiger partial charge in [0.15, 0.2) is 0 Å². The number of carbonyl (C=O) groups excluding carboxylic acids is 1. The van der Waals surface area contributed by atoms with Crippen molar-refractivity contribution in [3.05, 3.63) is 24.3 Å². The van der Waals surface area contributed by atoms with Crippen LogP contribution in [0.15, 0.2) is 18.6 Å². The van der Waals surface area contributed by atoms with Crippen LogP contribution in [0.25, 0.3) is 11.0 Å². The summed E-state index contributed by atoms with van der Waals surface area (Å²) >= 11 is 0. The topological polar surface area (TPSA) is 99.2 Å². The number of aromatic amines is 1. The second-order valence-electron chi connectivity index (χ2n) is 4.19. The number of hydrogen-bond donors (Lipinski definition) is 2. The Balaban J connectivity index is 2.10. The van der Waals surface area contributed by atoms with Crippen LogP contribution in [0.4, 0.5) is 0 Å². The summed E-state index contributed by atoms with van der Waals surface area (Å²) in [5.74, 6) is -1.10. The number of amides is 1. The third-order valence-electron chi connectivity index (χ3n) is 2.79. The number of aromatic nitrogens is 3. The molecule has 0 saturated heterocycles. The standard InChI is InChI=1S/C12H14N4O3/c1-16(6-2-3-9(17)18)12(19)10-8-4-5-13-11(8)15-7-14-10/h4-5,7H,2-3,6H2,1H3,(H,17,18)(H,13,14,15). The van der Waals surface area contributed by atoms with Gasteiger partial charge in [0.05, 0.1) is 5.39 Å². The molecule has 2 rings (SSSR count). The van der Waals surface area contributed by atoms with Crippen LogP contribution < -0.4 is 0 Å². The first-order valence-electron chi connectivity index (χ1n) is 5.85. The van der Waals surface area contributed by atoms with Gasteiger partial charge in [-0.3, -0.25) is 9.59 Å². The molecule has 0 unspecified atom stereocenters. The number of carboxylic acids is 1. The van der Waals surface area contributed by atoms with E-state index in [4.69, 9.17) is 5.11 Å². The summed E-state index contributed by atoms with van der Waals surface area (Å²) in [6.45, 7) is 0.376. The van der Waals surface area contributed by atoms with Gasteiger partial charge in [0.25, 0.3) is 5.91 Å². The Kier molecular flexibility index (Phi) is 3.74. The van der Waals surface area contributed by atoms with Crippen molar-refractivity contribution in [2.75, 3.05) is 13.6 Å². The van der Waals surface area contributed by atoms with E-state index in [9.17, 15) is 9.59 Å². The molecule has 0 atom stereocenters. The summed E-state index contributed by atoms with van der Waals surface area (Å²) in [6.07, 6.45) is 3.48. The van der Waals surface area contributed by atoms with E-state index in [0.29, 0.717) is 29.7 Å². The third kappa shape index (κ3) is 2.87. The van der Waals surface area contributed by atoms with Crippen LogP contribution in [0.1, 0.15) is 23.3 Å². The molecule has 2 N–H and O–H groups in total. The predicted octanol–water partition coefficient (Wildman–Crippen LogP) is 0.895. The first-order chi connectivity index (χ1) is 9.09. The Hall–Kier alpha value is -2.44. The maximum atomic E-state index is 12.2. The molecule has 0 saturated carbocycles. The van der Waals surface area contributed by atoms with E-state index in [1.807, 2.05) is 0 Å². The molecule has 19 heavy (non-hydrogen) atoms. The van der Waals surface area contributed by atoms with Gasteiger partial charge in [0.1, 0.15) is 17.7 Å². The van der Waals surface area contributed by atoms with Crippen molar-refractivity contribution >= 4 is 22.9 Å². The SMILES string of the molecule is CN(CCCC(=O)O)C(=O)c1ncnc2[nH]ccc12. The fraction of sp³-hybridized carbons (Fsp3) is 0.333. The van der Waals surface area contributed by atoms with Gasteiger partial charge in [0, 0.05) is 26.2 Å². The van der Waals surface area contributed by atoms with E-state index in [-0.39, 0.29) is 12.3 Å². The highest BCUT2D eigenvalue weighted by Gasteiger charge is 2.17. The number of fused-ring (bicyclic) bond motifs is 1. The first kappa shape index (κ1) is 13.0. The van der Waals surface area contributed by atoms with E-state index in [2.05, 4.69) is 15.0 Å². The second kappa shape index (κ2) is 5.47. The Morgan fingerprint density at radius 1 is 1.42 bits per heavy atom. The van der Waals surface area contributed by atoms with E-state index in [1.165, 1.54) is 11.2 Å². The molecule has 7 nitrogen and oxygen atoms in total. The van der Waals surface area contributed by atoms with Gasteiger partial charge in [-0.25, -0.2) is 9.97 Å². The molecule has 1 amide bonds. The van der Waals surface area contributed by atoms with Gasteiger partial charge in [-0.2, -0.15) is 0 Å². The number of rotatable bonds is 5. The molecule has 0 bridgehead atoms. The summed E-state index contributed by atoms with van der Waals surface area (Å²) in [5.41, 5.74) is 0.932. The first-order valence-corrected chi connectivity index (χ1v) is 5.85. The maximum Gasteiger partial charge on any atom is 0.303 e. The molecule has 100 valence electrons. The number of H-pyrrole nitrogens is 1. The van der Waals surface area contributed by atoms with Crippen LogP contribution in [0, 0.1) is 0 Å². The van der Waals surface area contributed by atoms with Crippen molar-refractivity contribution < 1.29 is 14.7 Å². The van der Waals surface area contributed by atoms with Crippen molar-refractivity contribution in [3.63, 3.8) is 0 Å². The molecule has 0 aliphatic carbocycles. The lowest BCUT2D eigenvalue weighted by atomic mass is 10.2. The fourth-order valence-corrected chi connectivity index (χ4v) is 1.79. The van der Waals surface area contributed by atoms with Crippen molar-refractivity contribution in [3.8, 4) is 0 Å². The summed E-state index contributed by atoms with van der Waals surface area (Å²) in [7, 11) is 1.63. The molecule has 0 aliphatic rings. The van der Waals surface area contributed by atoms with E-state index in [0.717, 1.165) is 0 Å². The highest BCUT2D eigenvalue weighted by molar-refractivity contribution is 6.03. The minimum atomic E-state index is -0.865. The Bertz CT molecular complexity index is 608. The summed E-state index contributed by atoms with van der Waals surface area (Å²) in [4.78, 5) is 35.0. The van der Waals surface area contributed by atoms with Gasteiger partial charge >= 0.3 is 5.97 Å². The smallest absolute Gasteiger partial charge is 0.303 e. The van der Waals surface area contributed by atoms with Crippen LogP contribution in [0.3, 0.4) is 0 Å². The van der Waals surface area contributed by atoms with Crippen molar-refractivity contribution in [1.82, 2.24) is 19.9 Å². The average molecular weight is 262 g/mol. The second-order valence-corrected chi connectivity index (χ2v) is 4.19. The lowest BCUT2D eigenvalue weighted by Gasteiger charge is -2.16. The number of hydrogen-bond acceptors (Lipinski definition) is 4. The molecule has 7 heteroatoms. The summed E-state index contributed by atoms with van der Waals surface area (Å²) in [6, 6.07) is 1.74. The molecule has 0 aliphatic heterocycles. The van der Waals surface area contributed by atoms with E-state index >= 15 is 0 Å². The van der Waals surface area contributed by atoms with Crippen LogP contribution in [0.5, 0.6) is 0 Å². The molecule has 0 fully saturated rings. The van der Waals surface area contributed by atoms with Gasteiger partial charge in [-0.05, 0) is 12.5 Å². The fourth-order valence-electron chi connectivity index (χ4n) is 1.79. The van der Waals surface area contributed by atoms with Crippen LogP contribution in [-0.4, -0.2) is 50.4 Å². The highest BCUT2D eigenvalue weighted by atomic mass is 16.4. The van der Waals surface area contributed by atoms with E-state index in [1.54, 1.807) is 19.3 Å². The largest absolute Gasteiger partial charge is 0.481 e. The minimum absolute atomic E-state index is 0.0426. The molecule has 2 aromatic heterocycles.